The second kappa shape index (κ2) is 9.67. The summed E-state index contributed by atoms with van der Waals surface area (Å²) in [7, 11) is 0. The van der Waals surface area contributed by atoms with Gasteiger partial charge in [-0.2, -0.15) is 5.26 Å². The molecule has 1 aromatic heterocycles. The largest absolute Gasteiger partial charge is 0.452 e. The summed E-state index contributed by atoms with van der Waals surface area (Å²) in [6.07, 6.45) is 0.156. The molecule has 0 unspecified atom stereocenters. The van der Waals surface area contributed by atoms with Crippen LogP contribution in [0.1, 0.15) is 29.4 Å². The van der Waals surface area contributed by atoms with Crippen molar-refractivity contribution in [2.45, 2.75) is 26.8 Å². The smallest absolute Gasteiger partial charge is 0.338 e. The Morgan fingerprint density at radius 2 is 1.94 bits per heavy atom. The van der Waals surface area contributed by atoms with Gasteiger partial charge >= 0.3 is 5.97 Å². The van der Waals surface area contributed by atoms with Crippen molar-refractivity contribution in [2.75, 3.05) is 18.1 Å². The second-order valence-electron chi connectivity index (χ2n) is 6.82. The van der Waals surface area contributed by atoms with Gasteiger partial charge in [-0.05, 0) is 44.2 Å². The Hall–Kier alpha value is -3.99. The molecule has 0 bridgehead atoms. The molecule has 0 N–H and O–H groups in total. The Labute approximate surface area is 179 Å². The van der Waals surface area contributed by atoms with Crippen molar-refractivity contribution in [3.63, 3.8) is 0 Å². The molecular weight excluding hydrogens is 396 g/mol. The quantitative estimate of drug-likeness (QED) is 0.546. The molecular formula is C23H22N4O4. The number of fused-ring (bicyclic) bond motifs is 1. The van der Waals surface area contributed by atoms with Crippen molar-refractivity contribution in [1.29, 1.82) is 5.26 Å². The molecule has 3 aromatic rings. The Bertz CT molecular complexity index is 1210. The van der Waals surface area contributed by atoms with Crippen molar-refractivity contribution in [2.24, 2.45) is 0 Å². The summed E-state index contributed by atoms with van der Waals surface area (Å²) >= 11 is 0. The average Bonchev–Trinajstić information content (AvgIpc) is 2.79. The van der Waals surface area contributed by atoms with Crippen LogP contribution in [-0.4, -0.2) is 34.6 Å². The lowest BCUT2D eigenvalue weighted by atomic mass is 10.2. The van der Waals surface area contributed by atoms with Crippen LogP contribution in [0, 0.1) is 18.3 Å². The van der Waals surface area contributed by atoms with Gasteiger partial charge in [-0.15, -0.1) is 0 Å². The molecule has 0 aliphatic heterocycles. The molecule has 1 amide bonds. The Balaban J connectivity index is 1.77. The number of rotatable bonds is 7. The van der Waals surface area contributed by atoms with E-state index in [1.165, 1.54) is 4.90 Å². The number of esters is 1. The van der Waals surface area contributed by atoms with E-state index in [9.17, 15) is 14.4 Å². The molecule has 1 heterocycles. The molecule has 0 saturated carbocycles. The number of hydrogen-bond donors (Lipinski definition) is 0. The molecule has 8 heteroatoms. The molecule has 0 atom stereocenters. The number of ether oxygens (including phenoxy) is 1. The van der Waals surface area contributed by atoms with Crippen LogP contribution in [-0.2, 0) is 16.1 Å². The van der Waals surface area contributed by atoms with Crippen LogP contribution in [0.25, 0.3) is 11.0 Å². The topological polar surface area (TPSA) is 105 Å². The number of para-hydroxylation sites is 1. The zero-order valence-electron chi connectivity index (χ0n) is 17.4. The standard InChI is InChI=1S/C23H22N4O4/c1-3-26-20-11-10-17(14-19(20)25-16(2)22(26)29)23(30)31-15-21(28)27(13-7-12-24)18-8-5-4-6-9-18/h4-6,8-11,14H,3,7,13,15H2,1-2H3. The van der Waals surface area contributed by atoms with Gasteiger partial charge in [0.2, 0.25) is 0 Å². The summed E-state index contributed by atoms with van der Waals surface area (Å²) in [5.74, 6) is -1.10. The van der Waals surface area contributed by atoms with Gasteiger partial charge in [0.1, 0.15) is 5.69 Å². The lowest BCUT2D eigenvalue weighted by molar-refractivity contribution is -0.121. The van der Waals surface area contributed by atoms with Gasteiger partial charge in [0, 0.05) is 18.8 Å². The summed E-state index contributed by atoms with van der Waals surface area (Å²) in [6.45, 7) is 3.70. The predicted octanol–water partition coefficient (Wildman–Crippen LogP) is 2.83. The van der Waals surface area contributed by atoms with Crippen molar-refractivity contribution < 1.29 is 14.3 Å². The summed E-state index contributed by atoms with van der Waals surface area (Å²) < 4.78 is 6.81. The number of carbonyl (C=O) groups excluding carboxylic acids is 2. The number of amides is 1. The molecule has 8 nitrogen and oxygen atoms in total. The minimum absolute atomic E-state index is 0.156. The molecule has 0 aliphatic carbocycles. The maximum absolute atomic E-state index is 12.7. The monoisotopic (exact) mass is 418 g/mol. The first-order valence-electron chi connectivity index (χ1n) is 9.87. The zero-order valence-corrected chi connectivity index (χ0v) is 17.4. The molecule has 3 rings (SSSR count). The van der Waals surface area contributed by atoms with E-state index in [1.807, 2.05) is 19.1 Å². The van der Waals surface area contributed by atoms with Gasteiger partial charge < -0.3 is 14.2 Å². The normalized spacial score (nSPS) is 10.5. The number of hydrogen-bond acceptors (Lipinski definition) is 6. The summed E-state index contributed by atoms with van der Waals surface area (Å²) in [5.41, 5.74) is 2.15. The highest BCUT2D eigenvalue weighted by Gasteiger charge is 2.19. The molecule has 0 aliphatic rings. The van der Waals surface area contributed by atoms with E-state index in [-0.39, 0.29) is 24.1 Å². The maximum Gasteiger partial charge on any atom is 0.338 e. The number of benzene rings is 2. The third-order valence-corrected chi connectivity index (χ3v) is 4.80. The first-order valence-corrected chi connectivity index (χ1v) is 9.87. The first kappa shape index (κ1) is 21.7. The number of carbonyl (C=O) groups is 2. The van der Waals surface area contributed by atoms with E-state index in [4.69, 9.17) is 10.00 Å². The zero-order chi connectivity index (χ0) is 22.4. The fourth-order valence-electron chi connectivity index (χ4n) is 3.27. The fourth-order valence-corrected chi connectivity index (χ4v) is 3.27. The number of nitrogens with zero attached hydrogens (tertiary/aromatic N) is 4. The molecule has 0 saturated heterocycles. The predicted molar refractivity (Wildman–Crippen MR) is 116 cm³/mol. The third-order valence-electron chi connectivity index (χ3n) is 4.80. The average molecular weight is 418 g/mol. The number of anilines is 1. The van der Waals surface area contributed by atoms with Crippen LogP contribution in [0.3, 0.4) is 0 Å². The van der Waals surface area contributed by atoms with Gasteiger partial charge in [0.25, 0.3) is 11.5 Å². The molecule has 0 spiro atoms. The molecule has 2 aromatic carbocycles. The van der Waals surface area contributed by atoms with Gasteiger partial charge in [0.05, 0.1) is 29.1 Å². The van der Waals surface area contributed by atoms with Gasteiger partial charge in [-0.3, -0.25) is 9.59 Å². The number of aryl methyl sites for hydroxylation is 2. The van der Waals surface area contributed by atoms with Gasteiger partial charge in [-0.25, -0.2) is 9.78 Å². The van der Waals surface area contributed by atoms with E-state index in [1.54, 1.807) is 54.0 Å². The van der Waals surface area contributed by atoms with Crippen LogP contribution in [0.15, 0.2) is 53.3 Å². The molecule has 31 heavy (non-hydrogen) atoms. The van der Waals surface area contributed by atoms with E-state index in [0.717, 1.165) is 0 Å². The van der Waals surface area contributed by atoms with E-state index in [0.29, 0.717) is 29.0 Å². The van der Waals surface area contributed by atoms with E-state index >= 15 is 0 Å². The van der Waals surface area contributed by atoms with Crippen LogP contribution >= 0.6 is 0 Å². The van der Waals surface area contributed by atoms with Crippen LogP contribution in [0.5, 0.6) is 0 Å². The minimum Gasteiger partial charge on any atom is -0.452 e. The van der Waals surface area contributed by atoms with Crippen LogP contribution < -0.4 is 10.5 Å². The van der Waals surface area contributed by atoms with Crippen LogP contribution in [0.4, 0.5) is 5.69 Å². The maximum atomic E-state index is 12.7. The Morgan fingerprint density at radius 1 is 1.19 bits per heavy atom. The second-order valence-corrected chi connectivity index (χ2v) is 6.82. The van der Waals surface area contributed by atoms with Crippen molar-refractivity contribution in [3.8, 4) is 6.07 Å². The van der Waals surface area contributed by atoms with Crippen molar-refractivity contribution in [1.82, 2.24) is 9.55 Å². The van der Waals surface area contributed by atoms with Gasteiger partial charge in [-0.1, -0.05) is 18.2 Å². The number of nitriles is 1. The molecule has 158 valence electrons. The van der Waals surface area contributed by atoms with E-state index in [2.05, 4.69) is 4.98 Å². The van der Waals surface area contributed by atoms with Crippen molar-refractivity contribution >= 4 is 28.6 Å². The summed E-state index contributed by atoms with van der Waals surface area (Å²) in [4.78, 5) is 43.1. The molecule has 0 radical (unpaired) electrons. The minimum atomic E-state index is -0.669. The lowest BCUT2D eigenvalue weighted by Gasteiger charge is -2.21. The number of aromatic nitrogens is 2. The highest BCUT2D eigenvalue weighted by atomic mass is 16.5. The molecule has 0 fully saturated rings. The van der Waals surface area contributed by atoms with Crippen LogP contribution in [0.2, 0.25) is 0 Å². The SMILES string of the molecule is CCn1c(=O)c(C)nc2cc(C(=O)OCC(=O)N(CCC#N)c3ccccc3)ccc21. The highest BCUT2D eigenvalue weighted by molar-refractivity contribution is 5.98. The lowest BCUT2D eigenvalue weighted by Crippen LogP contribution is -2.35. The van der Waals surface area contributed by atoms with Crippen molar-refractivity contribution in [3.05, 3.63) is 70.1 Å². The third kappa shape index (κ3) is 4.78. The fraction of sp³-hybridized carbons (Fsp3) is 0.261. The van der Waals surface area contributed by atoms with E-state index < -0.39 is 18.5 Å². The first-order chi connectivity index (χ1) is 15.0. The summed E-state index contributed by atoms with van der Waals surface area (Å²) in [5, 5.41) is 8.87. The Kier molecular flexibility index (Phi) is 6.78. The highest BCUT2D eigenvalue weighted by Crippen LogP contribution is 2.16. The Morgan fingerprint density at radius 3 is 2.61 bits per heavy atom. The van der Waals surface area contributed by atoms with Gasteiger partial charge in [0.15, 0.2) is 6.61 Å². The summed E-state index contributed by atoms with van der Waals surface area (Å²) in [6, 6.07) is 15.7.